The van der Waals surface area contributed by atoms with E-state index in [9.17, 15) is 5.26 Å². The first-order chi connectivity index (χ1) is 9.08. The van der Waals surface area contributed by atoms with Gasteiger partial charge in [0.25, 0.3) is 0 Å². The molecule has 0 spiro atoms. The number of rotatable bonds is 1. The number of hydrogen-bond donors (Lipinski definition) is 1. The molecule has 0 aromatic heterocycles. The average Bonchev–Trinajstić information content (AvgIpc) is 2.38. The van der Waals surface area contributed by atoms with Crippen LogP contribution in [0.25, 0.3) is 0 Å². The first kappa shape index (κ1) is 13.8. The van der Waals surface area contributed by atoms with Crippen molar-refractivity contribution in [3.63, 3.8) is 0 Å². The predicted octanol–water partition coefficient (Wildman–Crippen LogP) is 2.85. The van der Waals surface area contributed by atoms with Crippen molar-refractivity contribution in [3.8, 4) is 12.1 Å². The number of nitriles is 2. The molecule has 2 rings (SSSR count). The van der Waals surface area contributed by atoms with Crippen LogP contribution in [-0.4, -0.2) is 10.7 Å². The molecule has 1 aliphatic rings. The van der Waals surface area contributed by atoms with Gasteiger partial charge in [0.15, 0.2) is 0 Å². The highest BCUT2D eigenvalue weighted by molar-refractivity contribution is 9.10. The lowest BCUT2D eigenvalue weighted by Gasteiger charge is -2.22. The van der Waals surface area contributed by atoms with Crippen molar-refractivity contribution < 1.29 is 0 Å². The number of allylic oxidation sites excluding steroid dienone is 1. The highest BCUT2D eigenvalue weighted by Crippen LogP contribution is 2.29. The van der Waals surface area contributed by atoms with Crippen molar-refractivity contribution in [2.24, 2.45) is 16.6 Å². The van der Waals surface area contributed by atoms with Gasteiger partial charge in [-0.1, -0.05) is 44.0 Å². The van der Waals surface area contributed by atoms with Crippen LogP contribution in [0.1, 0.15) is 5.56 Å². The third-order valence-electron chi connectivity index (χ3n) is 2.76. The molecule has 6 heteroatoms. The van der Waals surface area contributed by atoms with Crippen molar-refractivity contribution in [2.45, 2.75) is 4.95 Å². The van der Waals surface area contributed by atoms with Crippen LogP contribution >= 0.6 is 31.9 Å². The predicted molar refractivity (Wildman–Crippen MR) is 79.3 cm³/mol. The topological polar surface area (TPSA) is 86.0 Å². The summed E-state index contributed by atoms with van der Waals surface area (Å²) in [6.45, 7) is 0. The fourth-order valence-electron chi connectivity index (χ4n) is 1.84. The van der Waals surface area contributed by atoms with Crippen LogP contribution in [0, 0.1) is 28.6 Å². The number of nitrogens with two attached hydrogens (primary N) is 1. The Hall–Kier alpha value is -1.63. The average molecular weight is 380 g/mol. The molecule has 4 nitrogen and oxygen atoms in total. The molecule has 19 heavy (non-hydrogen) atoms. The Morgan fingerprint density at radius 1 is 1.32 bits per heavy atom. The van der Waals surface area contributed by atoms with E-state index >= 15 is 0 Å². The summed E-state index contributed by atoms with van der Waals surface area (Å²) in [6.07, 6.45) is 0. The molecule has 1 heterocycles. The second-order valence-electron chi connectivity index (χ2n) is 3.90. The van der Waals surface area contributed by atoms with Gasteiger partial charge in [-0.15, -0.1) is 0 Å². The van der Waals surface area contributed by atoms with Crippen LogP contribution in [0.5, 0.6) is 0 Å². The number of aliphatic imine (C=N–C) groups is 1. The van der Waals surface area contributed by atoms with E-state index in [1.54, 1.807) is 0 Å². The minimum Gasteiger partial charge on any atom is -0.400 e. The van der Waals surface area contributed by atoms with Gasteiger partial charge in [-0.3, -0.25) is 4.99 Å². The highest BCUT2D eigenvalue weighted by atomic mass is 79.9. The van der Waals surface area contributed by atoms with Crippen molar-refractivity contribution in [2.75, 3.05) is 0 Å². The molecule has 2 N–H and O–H groups in total. The molecule has 0 aliphatic carbocycles. The molecule has 0 fully saturated rings. The van der Waals surface area contributed by atoms with Crippen LogP contribution in [0.15, 0.2) is 45.0 Å². The summed E-state index contributed by atoms with van der Waals surface area (Å²) >= 11 is 6.68. The fourth-order valence-corrected chi connectivity index (χ4v) is 2.83. The molecule has 0 unspecified atom stereocenters. The summed E-state index contributed by atoms with van der Waals surface area (Å²) in [7, 11) is 0. The van der Waals surface area contributed by atoms with E-state index in [-0.39, 0.29) is 5.70 Å². The van der Waals surface area contributed by atoms with Crippen molar-refractivity contribution in [1.29, 1.82) is 10.5 Å². The van der Waals surface area contributed by atoms with Crippen LogP contribution in [0.4, 0.5) is 0 Å². The lowest BCUT2D eigenvalue weighted by molar-refractivity contribution is 0.902. The quantitative estimate of drug-likeness (QED) is 0.601. The molecular formula is C13H8Br2N4. The number of nitrogens with zero attached hydrogens (tertiary/aromatic N) is 3. The van der Waals surface area contributed by atoms with Gasteiger partial charge in [0.2, 0.25) is 0 Å². The SMILES string of the molecule is N#CC1=C(N)[C@@H](C#N)C(c2cccc(Br)c2)=N[C@@H]1Br. The number of alkyl halides is 1. The Kier molecular flexibility index (Phi) is 4.04. The Morgan fingerprint density at radius 2 is 2.05 bits per heavy atom. The Balaban J connectivity index is 2.54. The van der Waals surface area contributed by atoms with Crippen molar-refractivity contribution >= 4 is 37.6 Å². The highest BCUT2D eigenvalue weighted by Gasteiger charge is 2.30. The molecule has 0 saturated carbocycles. The van der Waals surface area contributed by atoms with Crippen molar-refractivity contribution in [1.82, 2.24) is 0 Å². The molecule has 1 aliphatic heterocycles. The van der Waals surface area contributed by atoms with Gasteiger partial charge >= 0.3 is 0 Å². The largest absolute Gasteiger partial charge is 0.400 e. The normalized spacial score (nSPS) is 22.4. The smallest absolute Gasteiger partial charge is 0.141 e. The Morgan fingerprint density at radius 3 is 2.63 bits per heavy atom. The molecule has 2 atom stereocenters. The summed E-state index contributed by atoms with van der Waals surface area (Å²) in [6, 6.07) is 11.6. The van der Waals surface area contributed by atoms with Gasteiger partial charge < -0.3 is 5.73 Å². The maximum Gasteiger partial charge on any atom is 0.141 e. The number of dihydropyridines is 1. The van der Waals surface area contributed by atoms with Gasteiger partial charge in [-0.05, 0) is 17.7 Å². The molecular weight excluding hydrogens is 372 g/mol. The van der Waals surface area contributed by atoms with E-state index < -0.39 is 10.9 Å². The van der Waals surface area contributed by atoms with E-state index in [1.807, 2.05) is 30.3 Å². The van der Waals surface area contributed by atoms with Gasteiger partial charge in [0.1, 0.15) is 10.9 Å². The molecule has 1 aromatic rings. The van der Waals surface area contributed by atoms with Crippen LogP contribution in [0.2, 0.25) is 0 Å². The van der Waals surface area contributed by atoms with Crippen LogP contribution in [-0.2, 0) is 0 Å². The zero-order chi connectivity index (χ0) is 14.0. The molecule has 1 aromatic carbocycles. The number of hydrogen-bond acceptors (Lipinski definition) is 4. The van der Waals surface area contributed by atoms with Gasteiger partial charge in [-0.25, -0.2) is 0 Å². The molecule has 0 bridgehead atoms. The lowest BCUT2D eigenvalue weighted by atomic mass is 9.90. The third-order valence-corrected chi connectivity index (χ3v) is 3.91. The van der Waals surface area contributed by atoms with E-state index in [2.05, 4.69) is 42.9 Å². The summed E-state index contributed by atoms with van der Waals surface area (Å²) in [5.74, 6) is -0.697. The Labute approximate surface area is 127 Å². The van der Waals surface area contributed by atoms with Gasteiger partial charge in [-0.2, -0.15) is 10.5 Å². The van der Waals surface area contributed by atoms with Crippen LogP contribution in [0.3, 0.4) is 0 Å². The summed E-state index contributed by atoms with van der Waals surface area (Å²) in [4.78, 5) is 3.87. The monoisotopic (exact) mass is 378 g/mol. The molecule has 94 valence electrons. The summed E-state index contributed by atoms with van der Waals surface area (Å²) < 4.78 is 0.893. The second kappa shape index (κ2) is 5.56. The Bertz CT molecular complexity index is 664. The zero-order valence-corrected chi connectivity index (χ0v) is 12.8. The van der Waals surface area contributed by atoms with E-state index in [4.69, 9.17) is 11.0 Å². The van der Waals surface area contributed by atoms with E-state index in [1.165, 1.54) is 0 Å². The summed E-state index contributed by atoms with van der Waals surface area (Å²) in [5.41, 5.74) is 7.85. The van der Waals surface area contributed by atoms with E-state index in [0.29, 0.717) is 11.3 Å². The van der Waals surface area contributed by atoms with Crippen molar-refractivity contribution in [3.05, 3.63) is 45.6 Å². The first-order valence-corrected chi connectivity index (χ1v) is 7.06. The van der Waals surface area contributed by atoms with Gasteiger partial charge in [0.05, 0.1) is 23.4 Å². The minimum atomic E-state index is -0.697. The lowest BCUT2D eigenvalue weighted by Crippen LogP contribution is -2.29. The standard InChI is InChI=1S/C13H8Br2N4/c14-8-3-1-2-7(4-8)12-9(5-16)11(18)10(6-17)13(15)19-12/h1-4,9,13H,18H2/t9-,13+/m1/s1. The maximum absolute atomic E-state index is 9.28. The first-order valence-electron chi connectivity index (χ1n) is 5.35. The second-order valence-corrected chi connectivity index (χ2v) is 5.69. The zero-order valence-electron chi connectivity index (χ0n) is 9.64. The molecule has 0 amide bonds. The molecule has 0 radical (unpaired) electrons. The maximum atomic E-state index is 9.28. The molecule has 0 saturated heterocycles. The number of benzene rings is 1. The summed E-state index contributed by atoms with van der Waals surface area (Å²) in [5, 5.41) is 18.3. The van der Waals surface area contributed by atoms with Gasteiger partial charge in [0, 0.05) is 10.2 Å². The minimum absolute atomic E-state index is 0.261. The number of halogens is 2. The van der Waals surface area contributed by atoms with E-state index in [0.717, 1.165) is 10.0 Å². The third kappa shape index (κ3) is 2.56. The fraction of sp³-hybridized carbons (Fsp3) is 0.154. The van der Waals surface area contributed by atoms with Crippen LogP contribution < -0.4 is 5.73 Å².